The minimum absolute atomic E-state index is 0.0369. The van der Waals surface area contributed by atoms with Crippen molar-refractivity contribution in [1.29, 1.82) is 0 Å². The van der Waals surface area contributed by atoms with E-state index in [0.29, 0.717) is 0 Å². The highest BCUT2D eigenvalue weighted by molar-refractivity contribution is 6.17. The molecule has 14 heavy (non-hydrogen) atoms. The van der Waals surface area contributed by atoms with E-state index in [9.17, 15) is 18.0 Å². The number of carbonyl (C=O) groups is 1. The number of rotatable bonds is 3. The van der Waals surface area contributed by atoms with Crippen LogP contribution in [0.3, 0.4) is 0 Å². The topological polar surface area (TPSA) is 30.0 Å². The van der Waals surface area contributed by atoms with Crippen LogP contribution in [0.5, 0.6) is 0 Å². The van der Waals surface area contributed by atoms with Crippen molar-refractivity contribution in [1.82, 2.24) is 4.98 Å². The van der Waals surface area contributed by atoms with Crippen LogP contribution in [0.4, 0.5) is 13.2 Å². The predicted molar refractivity (Wildman–Crippen MR) is 44.1 cm³/mol. The van der Waals surface area contributed by atoms with Gasteiger partial charge in [0.25, 0.3) is 6.43 Å². The van der Waals surface area contributed by atoms with E-state index in [4.69, 9.17) is 11.6 Å². The highest BCUT2D eigenvalue weighted by atomic mass is 35.5. The average molecular weight is 224 g/mol. The third-order valence-electron chi connectivity index (χ3n) is 1.59. The summed E-state index contributed by atoms with van der Waals surface area (Å²) in [6.45, 7) is 0. The Morgan fingerprint density at radius 2 is 2.21 bits per heavy atom. The van der Waals surface area contributed by atoms with E-state index < -0.39 is 18.1 Å². The van der Waals surface area contributed by atoms with E-state index in [1.807, 2.05) is 0 Å². The van der Waals surface area contributed by atoms with E-state index in [0.717, 1.165) is 6.07 Å². The molecule has 1 aromatic rings. The molecule has 1 rings (SSSR count). The lowest BCUT2D eigenvalue weighted by Gasteiger charge is -2.06. The van der Waals surface area contributed by atoms with Crippen LogP contribution in [0, 0.1) is 5.95 Å². The molecule has 1 aromatic heterocycles. The first-order valence-electron chi connectivity index (χ1n) is 3.58. The number of pyridine rings is 1. The zero-order chi connectivity index (χ0) is 10.7. The molecule has 0 aliphatic heterocycles. The third kappa shape index (κ3) is 2.04. The van der Waals surface area contributed by atoms with E-state index in [1.54, 1.807) is 0 Å². The lowest BCUT2D eigenvalue weighted by Crippen LogP contribution is -2.03. The fourth-order valence-corrected chi connectivity index (χ4v) is 1.16. The summed E-state index contributed by atoms with van der Waals surface area (Å²) in [6.07, 6.45) is -2.70. The minimum Gasteiger partial charge on any atom is -0.298 e. The van der Waals surface area contributed by atoms with E-state index in [2.05, 4.69) is 4.98 Å². The molecule has 0 bridgehead atoms. The highest BCUT2D eigenvalue weighted by Crippen LogP contribution is 2.23. The number of hydrogen-bond donors (Lipinski definition) is 0. The summed E-state index contributed by atoms with van der Waals surface area (Å²) < 4.78 is 37.3. The smallest absolute Gasteiger partial charge is 0.280 e. The van der Waals surface area contributed by atoms with Crippen LogP contribution in [0.1, 0.15) is 28.0 Å². The molecule has 6 heteroatoms. The third-order valence-corrected chi connectivity index (χ3v) is 1.88. The van der Waals surface area contributed by atoms with Gasteiger partial charge in [-0.25, -0.2) is 13.8 Å². The Kier molecular flexibility index (Phi) is 3.46. The molecule has 76 valence electrons. The van der Waals surface area contributed by atoms with Gasteiger partial charge in [-0.2, -0.15) is 4.39 Å². The van der Waals surface area contributed by atoms with Crippen molar-refractivity contribution in [2.75, 3.05) is 0 Å². The molecule has 1 heterocycles. The summed E-state index contributed by atoms with van der Waals surface area (Å²) in [6, 6.07) is 0.976. The largest absolute Gasteiger partial charge is 0.298 e. The summed E-state index contributed by atoms with van der Waals surface area (Å²) in [5.41, 5.74) is -1.13. The number of hydrogen-bond acceptors (Lipinski definition) is 2. The van der Waals surface area contributed by atoms with Gasteiger partial charge in [0.15, 0.2) is 6.29 Å². The average Bonchev–Trinajstić information content (AvgIpc) is 2.17. The SMILES string of the molecule is O=Cc1cc(CCl)c(C(F)F)nc1F. The molecule has 0 aromatic carbocycles. The lowest BCUT2D eigenvalue weighted by molar-refractivity contribution is 0.111. The Labute approximate surface area is 82.7 Å². The van der Waals surface area contributed by atoms with Crippen LogP contribution in [-0.2, 0) is 5.88 Å². The Bertz CT molecular complexity index is 357. The zero-order valence-electron chi connectivity index (χ0n) is 6.81. The van der Waals surface area contributed by atoms with Crippen molar-refractivity contribution in [2.45, 2.75) is 12.3 Å². The molecule has 0 atom stereocenters. The van der Waals surface area contributed by atoms with Gasteiger partial charge in [0.1, 0.15) is 5.69 Å². The first kappa shape index (κ1) is 11.0. The summed E-state index contributed by atoms with van der Waals surface area (Å²) in [5.74, 6) is -1.45. The standard InChI is InChI=1S/C8H5ClF3NO/c9-2-4-1-5(3-14)8(12)13-6(4)7(10)11/h1,3,7H,2H2. The molecule has 0 aliphatic carbocycles. The molecule has 0 fully saturated rings. The van der Waals surface area contributed by atoms with E-state index >= 15 is 0 Å². The maximum atomic E-state index is 12.8. The van der Waals surface area contributed by atoms with Crippen molar-refractivity contribution in [3.8, 4) is 0 Å². The van der Waals surface area contributed by atoms with Gasteiger partial charge in [-0.15, -0.1) is 11.6 Å². The number of halogens is 4. The molecule has 0 unspecified atom stereocenters. The summed E-state index contributed by atoms with van der Waals surface area (Å²) in [4.78, 5) is 13.2. The first-order valence-corrected chi connectivity index (χ1v) is 4.12. The Morgan fingerprint density at radius 3 is 2.64 bits per heavy atom. The van der Waals surface area contributed by atoms with Crippen molar-refractivity contribution in [2.24, 2.45) is 0 Å². The summed E-state index contributed by atoms with van der Waals surface area (Å²) in [7, 11) is 0. The number of aldehydes is 1. The van der Waals surface area contributed by atoms with Crippen LogP contribution in [-0.4, -0.2) is 11.3 Å². The van der Waals surface area contributed by atoms with Crippen LogP contribution in [0.15, 0.2) is 6.07 Å². The van der Waals surface area contributed by atoms with Gasteiger partial charge in [0, 0.05) is 5.88 Å². The second-order valence-electron chi connectivity index (χ2n) is 2.46. The monoisotopic (exact) mass is 223 g/mol. The van der Waals surface area contributed by atoms with Crippen LogP contribution in [0.25, 0.3) is 0 Å². The Hall–Kier alpha value is -1.10. The van der Waals surface area contributed by atoms with Crippen molar-refractivity contribution >= 4 is 17.9 Å². The Morgan fingerprint density at radius 1 is 1.57 bits per heavy atom. The fourth-order valence-electron chi connectivity index (χ4n) is 0.942. The molecule has 0 N–H and O–H groups in total. The van der Waals surface area contributed by atoms with Gasteiger partial charge in [-0.3, -0.25) is 4.79 Å². The molecule has 2 nitrogen and oxygen atoms in total. The van der Waals surface area contributed by atoms with Crippen molar-refractivity contribution in [3.63, 3.8) is 0 Å². The summed E-state index contributed by atoms with van der Waals surface area (Å²) in [5, 5.41) is 0. The molecule has 0 aliphatic rings. The Balaban J connectivity index is 3.31. The second kappa shape index (κ2) is 4.41. The highest BCUT2D eigenvalue weighted by Gasteiger charge is 2.17. The van der Waals surface area contributed by atoms with Crippen molar-refractivity contribution in [3.05, 3.63) is 28.8 Å². The van der Waals surface area contributed by atoms with Crippen LogP contribution in [0.2, 0.25) is 0 Å². The molecular weight excluding hydrogens is 219 g/mol. The van der Waals surface area contributed by atoms with Gasteiger partial charge in [-0.05, 0) is 11.6 Å². The van der Waals surface area contributed by atoms with Crippen LogP contribution >= 0.6 is 11.6 Å². The minimum atomic E-state index is -2.90. The number of carbonyl (C=O) groups excluding carboxylic acids is 1. The zero-order valence-corrected chi connectivity index (χ0v) is 7.56. The lowest BCUT2D eigenvalue weighted by atomic mass is 10.1. The molecule has 0 saturated carbocycles. The second-order valence-corrected chi connectivity index (χ2v) is 2.73. The molecular formula is C8H5ClF3NO. The molecule has 0 radical (unpaired) electrons. The molecule has 0 spiro atoms. The molecule has 0 amide bonds. The van der Waals surface area contributed by atoms with E-state index in [1.165, 1.54) is 0 Å². The van der Waals surface area contributed by atoms with E-state index in [-0.39, 0.29) is 23.3 Å². The normalized spacial score (nSPS) is 10.6. The number of alkyl halides is 3. The van der Waals surface area contributed by atoms with Gasteiger partial charge in [0.2, 0.25) is 5.95 Å². The van der Waals surface area contributed by atoms with Crippen molar-refractivity contribution < 1.29 is 18.0 Å². The number of nitrogens with zero attached hydrogens (tertiary/aromatic N) is 1. The first-order chi connectivity index (χ1) is 6.60. The number of aromatic nitrogens is 1. The quantitative estimate of drug-likeness (QED) is 0.448. The fraction of sp³-hybridized carbons (Fsp3) is 0.250. The maximum absolute atomic E-state index is 12.8. The van der Waals surface area contributed by atoms with Crippen LogP contribution < -0.4 is 0 Å². The molecule has 0 saturated heterocycles. The van der Waals surface area contributed by atoms with Gasteiger partial charge in [0.05, 0.1) is 5.56 Å². The maximum Gasteiger partial charge on any atom is 0.280 e. The van der Waals surface area contributed by atoms with Gasteiger partial charge >= 0.3 is 0 Å². The predicted octanol–water partition coefficient (Wildman–Crippen LogP) is 2.71. The van der Waals surface area contributed by atoms with Gasteiger partial charge < -0.3 is 0 Å². The summed E-state index contributed by atoms with van der Waals surface area (Å²) >= 11 is 5.35. The van der Waals surface area contributed by atoms with Gasteiger partial charge in [-0.1, -0.05) is 0 Å².